The van der Waals surface area contributed by atoms with Crippen LogP contribution in [0.1, 0.15) is 49.0 Å². The number of carbonyl (C=O) groups excluding carboxylic acids is 1. The van der Waals surface area contributed by atoms with Crippen molar-refractivity contribution in [3.8, 4) is 5.75 Å². The third-order valence-electron chi connectivity index (χ3n) is 7.95. The predicted molar refractivity (Wildman–Crippen MR) is 163 cm³/mol. The first kappa shape index (κ1) is 38.1. The maximum Gasteiger partial charge on any atom is 0.490 e. The summed E-state index contributed by atoms with van der Waals surface area (Å²) in [5.41, 5.74) is 3.18. The molecule has 2 aliphatic heterocycles. The molecule has 48 heavy (non-hydrogen) atoms. The molecule has 2 aromatic carbocycles. The molecule has 9 nitrogen and oxygen atoms in total. The lowest BCUT2D eigenvalue weighted by Crippen LogP contribution is -2.42. The van der Waals surface area contributed by atoms with Gasteiger partial charge in [-0.25, -0.2) is 9.59 Å². The number of alkyl halides is 6. The average Bonchev–Trinajstić information content (AvgIpc) is 3.44. The summed E-state index contributed by atoms with van der Waals surface area (Å²) < 4.78 is 69.5. The van der Waals surface area contributed by atoms with Crippen molar-refractivity contribution in [3.05, 3.63) is 71.9 Å². The van der Waals surface area contributed by atoms with Gasteiger partial charge in [-0.15, -0.1) is 0 Å². The summed E-state index contributed by atoms with van der Waals surface area (Å²) in [6.07, 6.45) is -5.03. The topological polar surface area (TPSA) is 120 Å². The molecule has 0 aliphatic carbocycles. The quantitative estimate of drug-likeness (QED) is 0.277. The Bertz CT molecular complexity index is 1530. The van der Waals surface area contributed by atoms with Crippen molar-refractivity contribution in [2.75, 3.05) is 32.8 Å². The number of hydrogen-bond acceptors (Lipinski definition) is 6. The number of amides is 1. The van der Waals surface area contributed by atoms with E-state index in [4.69, 9.17) is 24.5 Å². The fraction of sp³-hybridized carbons (Fsp3) is 0.455. The van der Waals surface area contributed by atoms with E-state index in [9.17, 15) is 31.1 Å². The van der Waals surface area contributed by atoms with Gasteiger partial charge in [-0.3, -0.25) is 14.7 Å². The number of benzene rings is 2. The number of carboxylic acid groups (broad SMARTS) is 2. The second-order valence-corrected chi connectivity index (χ2v) is 12.0. The summed E-state index contributed by atoms with van der Waals surface area (Å²) in [6, 6.07) is 18.2. The minimum absolute atomic E-state index is 0.147. The number of carboxylic acids is 2. The van der Waals surface area contributed by atoms with Gasteiger partial charge in [-0.05, 0) is 61.9 Å². The number of para-hydroxylation sites is 2. The highest BCUT2D eigenvalue weighted by atomic mass is 19.4. The molecule has 2 saturated heterocycles. The van der Waals surface area contributed by atoms with Gasteiger partial charge in [0.05, 0.1) is 17.7 Å². The summed E-state index contributed by atoms with van der Waals surface area (Å²) in [5.74, 6) is -3.84. The molecule has 0 radical (unpaired) electrons. The van der Waals surface area contributed by atoms with Gasteiger partial charge >= 0.3 is 24.3 Å². The van der Waals surface area contributed by atoms with Crippen LogP contribution in [0, 0.1) is 11.3 Å². The van der Waals surface area contributed by atoms with Gasteiger partial charge < -0.3 is 19.8 Å². The first-order valence-corrected chi connectivity index (χ1v) is 15.1. The Hall–Kier alpha value is -4.40. The first-order chi connectivity index (χ1) is 22.4. The van der Waals surface area contributed by atoms with Crippen LogP contribution in [0.4, 0.5) is 26.3 Å². The molecule has 2 aliphatic rings. The van der Waals surface area contributed by atoms with Gasteiger partial charge in [-0.1, -0.05) is 50.2 Å². The van der Waals surface area contributed by atoms with Crippen LogP contribution in [0.15, 0.2) is 60.8 Å². The van der Waals surface area contributed by atoms with E-state index in [-0.39, 0.29) is 11.3 Å². The number of fused-ring (bicyclic) bond motifs is 1. The number of carbonyl (C=O) groups is 3. The summed E-state index contributed by atoms with van der Waals surface area (Å²) >= 11 is 0. The molecule has 2 N–H and O–H groups in total. The van der Waals surface area contributed by atoms with E-state index < -0.39 is 24.3 Å². The highest BCUT2D eigenvalue weighted by molar-refractivity contribution is 6.06. The van der Waals surface area contributed by atoms with Gasteiger partial charge in [0.1, 0.15) is 5.75 Å². The zero-order valence-corrected chi connectivity index (χ0v) is 26.4. The summed E-state index contributed by atoms with van der Waals surface area (Å²) in [7, 11) is 0. The van der Waals surface area contributed by atoms with E-state index in [1.165, 1.54) is 5.56 Å². The maximum atomic E-state index is 13.4. The average molecular weight is 686 g/mol. The predicted octanol–water partition coefficient (Wildman–Crippen LogP) is 6.66. The molecule has 5 rings (SSSR count). The third kappa shape index (κ3) is 10.8. The van der Waals surface area contributed by atoms with Crippen LogP contribution >= 0.6 is 0 Å². The minimum Gasteiger partial charge on any atom is -0.493 e. The molecule has 1 spiro atoms. The fourth-order valence-corrected chi connectivity index (χ4v) is 5.43. The molecule has 0 atom stereocenters. The zero-order valence-electron chi connectivity index (χ0n) is 26.4. The Labute approximate surface area is 273 Å². The van der Waals surface area contributed by atoms with Crippen molar-refractivity contribution in [2.45, 2.75) is 52.0 Å². The molecule has 0 saturated carbocycles. The van der Waals surface area contributed by atoms with Gasteiger partial charge in [0, 0.05) is 36.8 Å². The summed E-state index contributed by atoms with van der Waals surface area (Å²) in [4.78, 5) is 40.2. The largest absolute Gasteiger partial charge is 0.493 e. The lowest BCUT2D eigenvalue weighted by Gasteiger charge is -2.39. The fourth-order valence-electron chi connectivity index (χ4n) is 5.43. The highest BCUT2D eigenvalue weighted by Crippen LogP contribution is 2.41. The third-order valence-corrected chi connectivity index (χ3v) is 7.95. The molecule has 0 bridgehead atoms. The van der Waals surface area contributed by atoms with Crippen molar-refractivity contribution in [1.82, 2.24) is 14.8 Å². The smallest absolute Gasteiger partial charge is 0.490 e. The number of aromatic nitrogens is 1. The Balaban J connectivity index is 0.000000376. The van der Waals surface area contributed by atoms with Crippen LogP contribution in [-0.4, -0.2) is 88.0 Å². The number of halogens is 6. The van der Waals surface area contributed by atoms with Gasteiger partial charge in [0.25, 0.3) is 5.91 Å². The number of nitrogens with zero attached hydrogens (tertiary/aromatic N) is 3. The Morgan fingerprint density at radius 1 is 0.854 bits per heavy atom. The van der Waals surface area contributed by atoms with Gasteiger partial charge in [-0.2, -0.15) is 26.3 Å². The van der Waals surface area contributed by atoms with Crippen LogP contribution in [0.5, 0.6) is 5.75 Å². The molecule has 0 unspecified atom stereocenters. The number of hydrogen-bond donors (Lipinski definition) is 2. The second-order valence-electron chi connectivity index (χ2n) is 12.0. The monoisotopic (exact) mass is 685 g/mol. The molecule has 1 amide bonds. The van der Waals surface area contributed by atoms with Crippen molar-refractivity contribution in [1.29, 1.82) is 0 Å². The first-order valence-electron chi connectivity index (χ1n) is 15.1. The summed E-state index contributed by atoms with van der Waals surface area (Å²) in [5, 5.41) is 15.2. The van der Waals surface area contributed by atoms with E-state index in [0.717, 1.165) is 80.8 Å². The van der Waals surface area contributed by atoms with Gasteiger partial charge in [0.15, 0.2) is 0 Å². The normalized spacial score (nSPS) is 16.1. The molecule has 2 fully saturated rings. The van der Waals surface area contributed by atoms with Crippen molar-refractivity contribution in [3.63, 3.8) is 0 Å². The Morgan fingerprint density at radius 2 is 1.40 bits per heavy atom. The van der Waals surface area contributed by atoms with E-state index in [1.54, 1.807) is 6.20 Å². The molecular weight excluding hydrogens is 648 g/mol. The summed E-state index contributed by atoms with van der Waals surface area (Å²) in [6.45, 7) is 9.88. The van der Waals surface area contributed by atoms with Crippen molar-refractivity contribution >= 4 is 28.7 Å². The van der Waals surface area contributed by atoms with Crippen LogP contribution in [0.25, 0.3) is 10.9 Å². The van der Waals surface area contributed by atoms with E-state index in [0.29, 0.717) is 5.92 Å². The van der Waals surface area contributed by atoms with Crippen LogP contribution < -0.4 is 4.74 Å². The molecule has 1 aromatic heterocycles. The molecule has 15 heteroatoms. The minimum atomic E-state index is -5.08. The van der Waals surface area contributed by atoms with Gasteiger partial charge in [0.2, 0.25) is 0 Å². The van der Waals surface area contributed by atoms with E-state index >= 15 is 0 Å². The zero-order chi connectivity index (χ0) is 35.7. The second kappa shape index (κ2) is 16.1. The lowest BCUT2D eigenvalue weighted by atomic mass is 9.77. The van der Waals surface area contributed by atoms with Crippen molar-refractivity contribution < 1.29 is 55.7 Å². The van der Waals surface area contributed by atoms with Crippen molar-refractivity contribution in [2.24, 2.45) is 11.3 Å². The molecule has 3 aromatic rings. The number of pyridine rings is 1. The number of rotatable bonds is 6. The highest BCUT2D eigenvalue weighted by Gasteiger charge is 2.42. The van der Waals surface area contributed by atoms with Crippen LogP contribution in [0.3, 0.4) is 0 Å². The SMILES string of the molecule is CC(C)COc1ccccc1CN1CCC2(CC1)CCN(C(=O)c1ccnc3ccccc13)C2.O=C(O)C(F)(F)F.O=C(O)C(F)(F)F. The number of likely N-dealkylation sites (tertiary alicyclic amines) is 2. The Morgan fingerprint density at radius 3 is 1.98 bits per heavy atom. The number of ether oxygens (including phenoxy) is 1. The van der Waals surface area contributed by atoms with E-state index in [2.05, 4.69) is 52.9 Å². The molecule has 3 heterocycles. The van der Waals surface area contributed by atoms with E-state index in [1.807, 2.05) is 30.3 Å². The standard InChI is InChI=1S/C29H35N3O2.2C2HF3O2/c1-22(2)20-34-27-10-6-3-7-23(27)19-31-16-12-29(13-17-31)14-18-32(21-29)28(33)25-11-15-30-26-9-5-4-8-24(25)26;2*3-2(4,5)1(6)7/h3-11,15,22H,12-14,16-21H2,1-2H3;2*(H,6,7). The lowest BCUT2D eigenvalue weighted by molar-refractivity contribution is -0.193. The number of piperidine rings is 1. The van der Waals surface area contributed by atoms with Crippen LogP contribution in [-0.2, 0) is 16.1 Å². The number of aliphatic carboxylic acids is 2. The van der Waals surface area contributed by atoms with Crippen LogP contribution in [0.2, 0.25) is 0 Å². The molecule has 262 valence electrons. The maximum absolute atomic E-state index is 13.4. The molecular formula is C33H37F6N3O6. The Kier molecular flexibility index (Phi) is 12.8.